The van der Waals surface area contributed by atoms with Gasteiger partial charge in [0.15, 0.2) is 5.13 Å². The monoisotopic (exact) mass is 470 g/mol. The highest BCUT2D eigenvalue weighted by Gasteiger charge is 2.20. The number of ether oxygens (including phenoxy) is 2. The molecule has 0 radical (unpaired) electrons. The fraction of sp³-hybridized carbons (Fsp3) is 0.304. The van der Waals surface area contributed by atoms with Gasteiger partial charge in [0.1, 0.15) is 11.3 Å². The molecule has 0 fully saturated rings. The van der Waals surface area contributed by atoms with E-state index in [1.807, 2.05) is 30.3 Å². The highest BCUT2D eigenvalue weighted by atomic mass is 32.1. The molecule has 2 aromatic carbocycles. The van der Waals surface area contributed by atoms with Crippen LogP contribution in [0.5, 0.6) is 5.75 Å². The van der Waals surface area contributed by atoms with Crippen molar-refractivity contribution in [3.63, 3.8) is 0 Å². The van der Waals surface area contributed by atoms with Crippen LogP contribution in [0.4, 0.5) is 15.6 Å². The van der Waals surface area contributed by atoms with Gasteiger partial charge in [-0.05, 0) is 18.6 Å². The first-order valence-electron chi connectivity index (χ1n) is 10.5. The van der Waals surface area contributed by atoms with Crippen molar-refractivity contribution < 1.29 is 23.9 Å². The molecule has 33 heavy (non-hydrogen) atoms. The minimum Gasteiger partial charge on any atom is -0.494 e. The van der Waals surface area contributed by atoms with E-state index in [-0.39, 0.29) is 18.9 Å². The van der Waals surface area contributed by atoms with Crippen molar-refractivity contribution >= 4 is 50.3 Å². The summed E-state index contributed by atoms with van der Waals surface area (Å²) in [6.07, 6.45) is 0.345. The molecule has 10 heteroatoms. The first kappa shape index (κ1) is 24.0. The highest BCUT2D eigenvalue weighted by molar-refractivity contribution is 7.22. The number of carbonyl (C=O) groups is 3. The normalized spacial score (nSPS) is 11.5. The largest absolute Gasteiger partial charge is 0.494 e. The SMILES string of the molecule is CCOC(=O)C[C@@H](NC(=O)Nc1cc(OC)c2nc(NC(=O)CC)sc2c1)c1ccccc1. The Morgan fingerprint density at radius 1 is 1.09 bits per heavy atom. The molecule has 0 saturated carbocycles. The number of aromatic nitrogens is 1. The maximum Gasteiger partial charge on any atom is 0.319 e. The van der Waals surface area contributed by atoms with Crippen molar-refractivity contribution in [2.24, 2.45) is 0 Å². The molecule has 1 aromatic heterocycles. The third-order valence-corrected chi connectivity index (χ3v) is 5.61. The average molecular weight is 471 g/mol. The summed E-state index contributed by atoms with van der Waals surface area (Å²) in [6, 6.07) is 11.6. The van der Waals surface area contributed by atoms with Gasteiger partial charge in [-0.2, -0.15) is 0 Å². The lowest BCUT2D eigenvalue weighted by Gasteiger charge is -2.19. The summed E-state index contributed by atoms with van der Waals surface area (Å²) in [7, 11) is 1.51. The Bertz CT molecular complexity index is 1130. The summed E-state index contributed by atoms with van der Waals surface area (Å²) < 4.78 is 11.2. The second kappa shape index (κ2) is 11.3. The lowest BCUT2D eigenvalue weighted by molar-refractivity contribution is -0.143. The number of methoxy groups -OCH3 is 1. The van der Waals surface area contributed by atoms with E-state index in [2.05, 4.69) is 20.9 Å². The number of rotatable bonds is 9. The maximum absolute atomic E-state index is 12.8. The van der Waals surface area contributed by atoms with Crippen LogP contribution in [0.15, 0.2) is 42.5 Å². The molecule has 174 valence electrons. The Morgan fingerprint density at radius 3 is 2.52 bits per heavy atom. The second-order valence-electron chi connectivity index (χ2n) is 7.02. The van der Waals surface area contributed by atoms with Gasteiger partial charge in [0, 0.05) is 18.2 Å². The number of hydrogen-bond donors (Lipinski definition) is 3. The Kier molecular flexibility index (Phi) is 8.20. The lowest BCUT2D eigenvalue weighted by atomic mass is 10.0. The molecule has 9 nitrogen and oxygen atoms in total. The molecule has 0 unspecified atom stereocenters. The van der Waals surface area contributed by atoms with Crippen molar-refractivity contribution in [1.82, 2.24) is 10.3 Å². The zero-order valence-corrected chi connectivity index (χ0v) is 19.5. The van der Waals surface area contributed by atoms with E-state index >= 15 is 0 Å². The highest BCUT2D eigenvalue weighted by Crippen LogP contribution is 2.35. The van der Waals surface area contributed by atoms with E-state index in [1.54, 1.807) is 26.0 Å². The molecule has 1 heterocycles. The first-order valence-corrected chi connectivity index (χ1v) is 11.3. The number of thiazole rings is 1. The molecule has 0 aliphatic heterocycles. The van der Waals surface area contributed by atoms with Crippen LogP contribution in [0.25, 0.3) is 10.2 Å². The van der Waals surface area contributed by atoms with E-state index in [4.69, 9.17) is 9.47 Å². The number of fused-ring (bicyclic) bond motifs is 1. The Morgan fingerprint density at radius 2 is 1.85 bits per heavy atom. The molecule has 3 N–H and O–H groups in total. The summed E-state index contributed by atoms with van der Waals surface area (Å²) in [6.45, 7) is 3.76. The molecule has 0 saturated heterocycles. The van der Waals surface area contributed by atoms with Crippen LogP contribution in [0.1, 0.15) is 38.3 Å². The molecular weight excluding hydrogens is 444 g/mol. The summed E-state index contributed by atoms with van der Waals surface area (Å²) in [4.78, 5) is 40.9. The third-order valence-electron chi connectivity index (χ3n) is 4.69. The topological polar surface area (TPSA) is 119 Å². The standard InChI is InChI=1S/C23H26N4O5S/c1-4-19(28)26-23-27-21-17(31-3)11-15(12-18(21)33-23)24-22(30)25-16(13-20(29)32-5-2)14-9-7-6-8-10-14/h6-12,16H,4-5,13H2,1-3H3,(H2,24,25,30)(H,26,27,28)/t16-/m1/s1. The number of carbonyl (C=O) groups excluding carboxylic acids is 3. The fourth-order valence-corrected chi connectivity index (χ4v) is 4.08. The summed E-state index contributed by atoms with van der Waals surface area (Å²) in [5, 5.41) is 8.81. The quantitative estimate of drug-likeness (QED) is 0.397. The predicted octanol–water partition coefficient (Wildman–Crippen LogP) is 4.47. The maximum atomic E-state index is 12.8. The number of esters is 1. The number of nitrogens with zero attached hydrogens (tertiary/aromatic N) is 1. The van der Waals surface area contributed by atoms with Gasteiger partial charge in [0.25, 0.3) is 0 Å². The van der Waals surface area contributed by atoms with Gasteiger partial charge in [0.2, 0.25) is 5.91 Å². The Hall–Kier alpha value is -3.66. The molecule has 0 bridgehead atoms. The van der Waals surface area contributed by atoms with E-state index in [0.717, 1.165) is 10.3 Å². The number of anilines is 2. The minimum atomic E-state index is -0.560. The molecule has 0 spiro atoms. The summed E-state index contributed by atoms with van der Waals surface area (Å²) in [5.41, 5.74) is 1.86. The van der Waals surface area contributed by atoms with Gasteiger partial charge >= 0.3 is 12.0 Å². The van der Waals surface area contributed by atoms with Gasteiger partial charge in [-0.15, -0.1) is 0 Å². The lowest BCUT2D eigenvalue weighted by Crippen LogP contribution is -2.34. The van der Waals surface area contributed by atoms with Crippen LogP contribution in [-0.2, 0) is 14.3 Å². The van der Waals surface area contributed by atoms with Crippen LogP contribution in [0.3, 0.4) is 0 Å². The van der Waals surface area contributed by atoms with Gasteiger partial charge in [-0.3, -0.25) is 9.59 Å². The van der Waals surface area contributed by atoms with Gasteiger partial charge in [0.05, 0.1) is 30.9 Å². The molecule has 3 aromatic rings. The molecule has 0 aliphatic carbocycles. The zero-order chi connectivity index (χ0) is 23.8. The minimum absolute atomic E-state index is 0.00294. The molecular formula is C23H26N4O5S. The second-order valence-corrected chi connectivity index (χ2v) is 8.05. The number of amides is 3. The number of hydrogen-bond acceptors (Lipinski definition) is 7. The van der Waals surface area contributed by atoms with E-state index < -0.39 is 18.0 Å². The van der Waals surface area contributed by atoms with Crippen LogP contribution < -0.4 is 20.7 Å². The molecule has 3 rings (SSSR count). The van der Waals surface area contributed by atoms with Crippen LogP contribution in [0.2, 0.25) is 0 Å². The van der Waals surface area contributed by atoms with E-state index in [1.165, 1.54) is 18.4 Å². The van der Waals surface area contributed by atoms with E-state index in [0.29, 0.717) is 28.5 Å². The predicted molar refractivity (Wildman–Crippen MR) is 128 cm³/mol. The van der Waals surface area contributed by atoms with E-state index in [9.17, 15) is 14.4 Å². The van der Waals surface area contributed by atoms with Gasteiger partial charge < -0.3 is 25.4 Å². The van der Waals surface area contributed by atoms with Crippen molar-refractivity contribution in [3.05, 3.63) is 48.0 Å². The molecule has 0 aliphatic rings. The van der Waals surface area contributed by atoms with Crippen molar-refractivity contribution in [1.29, 1.82) is 0 Å². The van der Waals surface area contributed by atoms with Crippen LogP contribution in [-0.4, -0.2) is 36.6 Å². The molecule has 3 amide bonds. The third kappa shape index (κ3) is 6.42. The molecule has 1 atom stereocenters. The summed E-state index contributed by atoms with van der Waals surface area (Å²) in [5.74, 6) is -0.0810. The van der Waals surface area contributed by atoms with Gasteiger partial charge in [-0.25, -0.2) is 9.78 Å². The van der Waals surface area contributed by atoms with Crippen molar-refractivity contribution in [3.8, 4) is 5.75 Å². The van der Waals surface area contributed by atoms with Crippen molar-refractivity contribution in [2.45, 2.75) is 32.7 Å². The number of benzene rings is 2. The first-order chi connectivity index (χ1) is 15.9. The number of urea groups is 1. The Labute approximate surface area is 195 Å². The van der Waals surface area contributed by atoms with Gasteiger partial charge in [-0.1, -0.05) is 48.6 Å². The van der Waals surface area contributed by atoms with Crippen LogP contribution in [0, 0.1) is 0 Å². The Balaban J connectivity index is 1.78. The van der Waals surface area contributed by atoms with Crippen molar-refractivity contribution in [2.75, 3.05) is 24.4 Å². The number of nitrogens with one attached hydrogen (secondary N) is 3. The fourth-order valence-electron chi connectivity index (χ4n) is 3.14. The summed E-state index contributed by atoms with van der Waals surface area (Å²) >= 11 is 1.28. The zero-order valence-electron chi connectivity index (χ0n) is 18.6. The average Bonchev–Trinajstić information content (AvgIpc) is 3.20. The van der Waals surface area contributed by atoms with Crippen LogP contribution >= 0.6 is 11.3 Å². The smallest absolute Gasteiger partial charge is 0.319 e.